The summed E-state index contributed by atoms with van der Waals surface area (Å²) >= 11 is 0. The third kappa shape index (κ3) is 4.57. The lowest BCUT2D eigenvalue weighted by Gasteiger charge is -2.12. The highest BCUT2D eigenvalue weighted by Crippen LogP contribution is 2.33. The van der Waals surface area contributed by atoms with Gasteiger partial charge in [-0.15, -0.1) is 0 Å². The van der Waals surface area contributed by atoms with Gasteiger partial charge in [-0.3, -0.25) is 14.7 Å². The van der Waals surface area contributed by atoms with E-state index in [1.807, 2.05) is 0 Å². The molecule has 0 aliphatic rings. The van der Waals surface area contributed by atoms with Gasteiger partial charge in [0.15, 0.2) is 0 Å². The normalized spacial score (nSPS) is 10.9. The van der Waals surface area contributed by atoms with E-state index >= 15 is 0 Å². The van der Waals surface area contributed by atoms with Crippen molar-refractivity contribution in [2.45, 2.75) is 6.54 Å². The van der Waals surface area contributed by atoms with Gasteiger partial charge in [-0.25, -0.2) is 19.3 Å². The van der Waals surface area contributed by atoms with Gasteiger partial charge in [0.25, 0.3) is 11.8 Å². The highest BCUT2D eigenvalue weighted by Gasteiger charge is 2.22. The third-order valence-corrected chi connectivity index (χ3v) is 5.76. The second kappa shape index (κ2) is 9.82. The fourth-order valence-electron chi connectivity index (χ4n) is 3.99. The van der Waals surface area contributed by atoms with Crippen LogP contribution in [0, 0.1) is 5.82 Å². The van der Waals surface area contributed by atoms with Crippen molar-refractivity contribution in [1.82, 2.24) is 30.5 Å². The summed E-state index contributed by atoms with van der Waals surface area (Å²) in [6.07, 6.45) is 4.57. The molecule has 0 aliphatic carbocycles. The second-order valence-corrected chi connectivity index (χ2v) is 8.03. The van der Waals surface area contributed by atoms with Crippen LogP contribution in [-0.4, -0.2) is 44.1 Å². The first-order chi connectivity index (χ1) is 18.0. The minimum atomic E-state index is -0.661. The van der Waals surface area contributed by atoms with Gasteiger partial charge in [0.1, 0.15) is 23.6 Å². The smallest absolute Gasteiger partial charge is 0.255 e. The van der Waals surface area contributed by atoms with Crippen LogP contribution in [0.3, 0.4) is 0 Å². The molecule has 3 heterocycles. The van der Waals surface area contributed by atoms with Gasteiger partial charge < -0.3 is 15.8 Å². The number of halogens is 1. The van der Waals surface area contributed by atoms with Crippen molar-refractivity contribution in [2.75, 3.05) is 7.11 Å². The molecule has 10 nitrogen and oxygen atoms in total. The molecule has 3 aromatic heterocycles. The molecule has 2 amide bonds. The Morgan fingerprint density at radius 1 is 1.11 bits per heavy atom. The number of amides is 2. The number of aromatic nitrogens is 5. The molecule has 5 aromatic rings. The Labute approximate surface area is 209 Å². The van der Waals surface area contributed by atoms with Crippen molar-refractivity contribution < 1.29 is 18.7 Å². The molecule has 184 valence electrons. The number of primary amides is 1. The summed E-state index contributed by atoms with van der Waals surface area (Å²) in [6.45, 7) is 0.181. The highest BCUT2D eigenvalue weighted by atomic mass is 19.1. The quantitative estimate of drug-likeness (QED) is 0.312. The molecule has 0 atom stereocenters. The molecule has 37 heavy (non-hydrogen) atoms. The predicted molar refractivity (Wildman–Crippen MR) is 133 cm³/mol. The average Bonchev–Trinajstić information content (AvgIpc) is 3.41. The fraction of sp³-hybridized carbons (Fsp3) is 0.0769. The first-order valence-corrected chi connectivity index (χ1v) is 11.1. The maximum Gasteiger partial charge on any atom is 0.255 e. The number of carbonyl (C=O) groups is 2. The average molecular weight is 497 g/mol. The predicted octanol–water partition coefficient (Wildman–Crippen LogP) is 3.26. The topological polar surface area (TPSA) is 149 Å². The number of hydrogen-bond donors (Lipinski definition) is 3. The van der Waals surface area contributed by atoms with E-state index in [1.165, 1.54) is 25.6 Å². The van der Waals surface area contributed by atoms with Gasteiger partial charge >= 0.3 is 0 Å². The first kappa shape index (κ1) is 23.5. The Balaban J connectivity index is 1.46. The number of carbonyl (C=O) groups excluding carboxylic acids is 2. The lowest BCUT2D eigenvalue weighted by Crippen LogP contribution is -2.23. The van der Waals surface area contributed by atoms with Crippen LogP contribution in [-0.2, 0) is 6.54 Å². The summed E-state index contributed by atoms with van der Waals surface area (Å²) in [5.41, 5.74) is 9.31. The summed E-state index contributed by atoms with van der Waals surface area (Å²) in [4.78, 5) is 38.0. The van der Waals surface area contributed by atoms with Crippen molar-refractivity contribution in [3.63, 3.8) is 0 Å². The van der Waals surface area contributed by atoms with E-state index in [0.29, 0.717) is 33.5 Å². The lowest BCUT2D eigenvalue weighted by atomic mass is 10.00. The lowest BCUT2D eigenvalue weighted by molar-refractivity contribution is 0.0946. The van der Waals surface area contributed by atoms with Gasteiger partial charge in [-0.2, -0.15) is 5.10 Å². The largest absolute Gasteiger partial charge is 0.496 e. The zero-order valence-electron chi connectivity index (χ0n) is 19.5. The molecular weight excluding hydrogens is 477 g/mol. The molecular formula is C26H20FN7O3. The van der Waals surface area contributed by atoms with Crippen LogP contribution in [0.1, 0.15) is 26.3 Å². The van der Waals surface area contributed by atoms with E-state index < -0.39 is 17.6 Å². The molecule has 0 spiro atoms. The molecule has 5 rings (SSSR count). The van der Waals surface area contributed by atoms with E-state index in [9.17, 15) is 14.0 Å². The molecule has 0 aliphatic heterocycles. The number of aromatic amines is 1. The molecule has 0 unspecified atom stereocenters. The molecule has 0 radical (unpaired) electrons. The zero-order valence-corrected chi connectivity index (χ0v) is 19.5. The molecule has 0 saturated heterocycles. The van der Waals surface area contributed by atoms with Crippen LogP contribution in [0.25, 0.3) is 33.5 Å². The molecule has 0 saturated carbocycles. The Bertz CT molecular complexity index is 1620. The van der Waals surface area contributed by atoms with Crippen LogP contribution in [0.5, 0.6) is 5.75 Å². The molecule has 2 aromatic carbocycles. The van der Waals surface area contributed by atoms with Gasteiger partial charge in [-0.1, -0.05) is 24.3 Å². The van der Waals surface area contributed by atoms with Crippen LogP contribution in [0.2, 0.25) is 0 Å². The molecule has 11 heteroatoms. The number of H-pyrrole nitrogens is 1. The standard InChI is InChI=1S/C26H20FN7O3/c1-37-20-7-6-16(27)10-17(20)26(36)30-11-14-2-4-15(5-3-14)22-21(25(28)35)24-18(12-32-34-24)23(33-22)19-8-9-29-13-31-19/h2-10,12-13H,11H2,1H3,(H2,28,35)(H,30,36)(H,32,34). The van der Waals surface area contributed by atoms with Crippen molar-refractivity contribution in [2.24, 2.45) is 5.73 Å². The summed E-state index contributed by atoms with van der Waals surface area (Å²) in [5, 5.41) is 10.3. The number of nitrogens with one attached hydrogen (secondary N) is 2. The summed E-state index contributed by atoms with van der Waals surface area (Å²) < 4.78 is 18.8. The Morgan fingerprint density at radius 2 is 1.92 bits per heavy atom. The monoisotopic (exact) mass is 497 g/mol. The highest BCUT2D eigenvalue weighted by molar-refractivity contribution is 6.12. The zero-order chi connectivity index (χ0) is 25.9. The summed E-state index contributed by atoms with van der Waals surface area (Å²) in [7, 11) is 1.41. The SMILES string of the molecule is COc1ccc(F)cc1C(=O)NCc1ccc(-c2nc(-c3ccncn3)c3cn[nH]c3c2C(N)=O)cc1. The number of rotatable bonds is 7. The second-order valence-electron chi connectivity index (χ2n) is 8.03. The Hall–Kier alpha value is -5.19. The summed E-state index contributed by atoms with van der Waals surface area (Å²) in [6, 6.07) is 12.6. The molecule has 4 N–H and O–H groups in total. The minimum absolute atomic E-state index is 0.0968. The van der Waals surface area contributed by atoms with Gasteiger partial charge in [0.05, 0.1) is 41.3 Å². The number of pyridine rings is 1. The van der Waals surface area contributed by atoms with Crippen molar-refractivity contribution >= 4 is 22.7 Å². The molecule has 0 bridgehead atoms. The van der Waals surface area contributed by atoms with E-state index in [1.54, 1.807) is 42.7 Å². The van der Waals surface area contributed by atoms with Crippen LogP contribution in [0.15, 0.2) is 67.3 Å². The minimum Gasteiger partial charge on any atom is -0.496 e. The number of nitrogens with zero attached hydrogens (tertiary/aromatic N) is 4. The Morgan fingerprint density at radius 3 is 2.62 bits per heavy atom. The van der Waals surface area contributed by atoms with Crippen LogP contribution in [0.4, 0.5) is 4.39 Å². The number of nitrogens with two attached hydrogens (primary N) is 1. The first-order valence-electron chi connectivity index (χ1n) is 11.1. The van der Waals surface area contributed by atoms with Gasteiger partial charge in [0, 0.05) is 23.7 Å². The number of benzene rings is 2. The van der Waals surface area contributed by atoms with E-state index in [-0.39, 0.29) is 23.4 Å². The number of methoxy groups -OCH3 is 1. The van der Waals surface area contributed by atoms with E-state index in [2.05, 4.69) is 25.5 Å². The van der Waals surface area contributed by atoms with Crippen LogP contribution < -0.4 is 15.8 Å². The van der Waals surface area contributed by atoms with Crippen molar-refractivity contribution in [3.8, 4) is 28.4 Å². The van der Waals surface area contributed by atoms with Crippen molar-refractivity contribution in [3.05, 3.63) is 89.8 Å². The van der Waals surface area contributed by atoms with Gasteiger partial charge in [-0.05, 0) is 29.8 Å². The number of fused-ring (bicyclic) bond motifs is 1. The summed E-state index contributed by atoms with van der Waals surface area (Å²) in [5.74, 6) is -1.40. The maximum absolute atomic E-state index is 13.6. The maximum atomic E-state index is 13.6. The van der Waals surface area contributed by atoms with Crippen molar-refractivity contribution in [1.29, 1.82) is 0 Å². The van der Waals surface area contributed by atoms with Gasteiger partial charge in [0.2, 0.25) is 0 Å². The third-order valence-electron chi connectivity index (χ3n) is 5.76. The Kier molecular flexibility index (Phi) is 6.25. The van der Waals surface area contributed by atoms with E-state index in [4.69, 9.17) is 15.5 Å². The van der Waals surface area contributed by atoms with Crippen LogP contribution >= 0.6 is 0 Å². The number of hydrogen-bond acceptors (Lipinski definition) is 7. The molecule has 0 fully saturated rings. The van der Waals surface area contributed by atoms with E-state index in [0.717, 1.165) is 11.6 Å². The number of ether oxygens (including phenoxy) is 1. The fourth-order valence-corrected chi connectivity index (χ4v) is 3.99.